The molecule has 174 valence electrons. The molecule has 1 saturated carbocycles. The zero-order valence-corrected chi connectivity index (χ0v) is 19.5. The molecule has 2 aromatic carbocycles. The van der Waals surface area contributed by atoms with Crippen LogP contribution in [-0.2, 0) is 24.2 Å². The smallest absolute Gasteiger partial charge is 0.347 e. The molecule has 1 aromatic heterocycles. The van der Waals surface area contributed by atoms with Crippen molar-refractivity contribution in [2.75, 3.05) is 0 Å². The number of aryl methyl sites for hydroxylation is 3. The number of benzene rings is 2. The largest absolute Gasteiger partial charge is 0.478 e. The summed E-state index contributed by atoms with van der Waals surface area (Å²) in [6.45, 7) is 5.59. The van der Waals surface area contributed by atoms with Crippen LogP contribution in [0.25, 0.3) is 0 Å². The van der Waals surface area contributed by atoms with Crippen LogP contribution in [0.2, 0.25) is 0 Å². The summed E-state index contributed by atoms with van der Waals surface area (Å²) in [6.07, 6.45) is 4.52. The molecule has 0 amide bonds. The predicted molar refractivity (Wildman–Crippen MR) is 126 cm³/mol. The van der Waals surface area contributed by atoms with Crippen LogP contribution in [-0.4, -0.2) is 31.0 Å². The standard InChI is InChI=1S/C26H31N3O4/c1-18-7-9-20(10-8-18)17-28-25(32)29(21-13-14-21)23(27-28)6-4-5-19-11-15-22(16-12-19)33-26(2,3)24(30)31/h7-12,15-16,21H,4-6,13-14,17H2,1-3H3,(H,30,31). The number of hydrogen-bond acceptors (Lipinski definition) is 4. The van der Waals surface area contributed by atoms with Gasteiger partial charge in [-0.3, -0.25) is 4.57 Å². The summed E-state index contributed by atoms with van der Waals surface area (Å²) >= 11 is 0. The molecule has 7 heteroatoms. The van der Waals surface area contributed by atoms with Crippen molar-refractivity contribution in [1.82, 2.24) is 14.3 Å². The molecule has 1 aliphatic rings. The first-order valence-corrected chi connectivity index (χ1v) is 11.5. The van der Waals surface area contributed by atoms with Crippen molar-refractivity contribution in [3.05, 3.63) is 81.5 Å². The highest BCUT2D eigenvalue weighted by Crippen LogP contribution is 2.34. The number of carboxylic acid groups (broad SMARTS) is 1. The molecule has 7 nitrogen and oxygen atoms in total. The molecule has 1 fully saturated rings. The molecule has 0 unspecified atom stereocenters. The summed E-state index contributed by atoms with van der Waals surface area (Å²) in [5, 5.41) is 13.9. The lowest BCUT2D eigenvalue weighted by Crippen LogP contribution is -2.37. The second-order valence-electron chi connectivity index (χ2n) is 9.36. The Kier molecular flexibility index (Phi) is 6.40. The third-order valence-electron chi connectivity index (χ3n) is 5.98. The number of ether oxygens (including phenoxy) is 1. The first-order chi connectivity index (χ1) is 15.7. The Bertz CT molecular complexity index is 1170. The van der Waals surface area contributed by atoms with Gasteiger partial charge in [-0.2, -0.15) is 5.10 Å². The van der Waals surface area contributed by atoms with Crippen LogP contribution in [0.5, 0.6) is 5.75 Å². The van der Waals surface area contributed by atoms with E-state index in [9.17, 15) is 14.7 Å². The van der Waals surface area contributed by atoms with Gasteiger partial charge in [0.05, 0.1) is 6.54 Å². The minimum absolute atomic E-state index is 0.0179. The average Bonchev–Trinajstić information content (AvgIpc) is 3.56. The minimum atomic E-state index is -1.27. The highest BCUT2D eigenvalue weighted by Gasteiger charge is 2.30. The maximum atomic E-state index is 13.0. The lowest BCUT2D eigenvalue weighted by atomic mass is 10.1. The molecular weight excluding hydrogens is 418 g/mol. The molecule has 0 atom stereocenters. The zero-order valence-electron chi connectivity index (χ0n) is 19.5. The van der Waals surface area contributed by atoms with Crippen LogP contribution in [0.3, 0.4) is 0 Å². The first kappa shape index (κ1) is 22.8. The lowest BCUT2D eigenvalue weighted by molar-refractivity contribution is -0.152. The number of aliphatic carboxylic acids is 1. The Balaban J connectivity index is 1.39. The highest BCUT2D eigenvalue weighted by molar-refractivity contribution is 5.76. The molecule has 1 N–H and O–H groups in total. The molecule has 33 heavy (non-hydrogen) atoms. The molecule has 0 bridgehead atoms. The molecular formula is C26H31N3O4. The van der Waals surface area contributed by atoms with E-state index < -0.39 is 11.6 Å². The van der Waals surface area contributed by atoms with E-state index in [4.69, 9.17) is 4.74 Å². The number of carboxylic acids is 1. The maximum absolute atomic E-state index is 13.0. The molecule has 1 aliphatic carbocycles. The van der Waals surface area contributed by atoms with Gasteiger partial charge in [-0.05, 0) is 69.7 Å². The normalized spacial score (nSPS) is 13.8. The average molecular weight is 450 g/mol. The van der Waals surface area contributed by atoms with Gasteiger partial charge in [-0.15, -0.1) is 0 Å². The third-order valence-corrected chi connectivity index (χ3v) is 5.98. The van der Waals surface area contributed by atoms with Gasteiger partial charge in [-0.1, -0.05) is 42.0 Å². The third kappa shape index (κ3) is 5.53. The molecule has 0 saturated heterocycles. The summed E-state index contributed by atoms with van der Waals surface area (Å²) in [7, 11) is 0. The van der Waals surface area contributed by atoms with E-state index in [2.05, 4.69) is 17.2 Å². The number of carbonyl (C=O) groups is 1. The van der Waals surface area contributed by atoms with Crippen LogP contribution in [0.4, 0.5) is 0 Å². The molecule has 1 heterocycles. The van der Waals surface area contributed by atoms with Gasteiger partial charge in [-0.25, -0.2) is 14.3 Å². The lowest BCUT2D eigenvalue weighted by Gasteiger charge is -2.21. The molecule has 3 aromatic rings. The Morgan fingerprint density at radius 3 is 2.30 bits per heavy atom. The summed E-state index contributed by atoms with van der Waals surface area (Å²) in [5.74, 6) is 0.386. The van der Waals surface area contributed by atoms with Crippen LogP contribution in [0.15, 0.2) is 53.3 Å². The fraction of sp³-hybridized carbons (Fsp3) is 0.423. The van der Waals surface area contributed by atoms with Gasteiger partial charge in [0, 0.05) is 12.5 Å². The molecule has 0 spiro atoms. The van der Waals surface area contributed by atoms with Gasteiger partial charge in [0.15, 0.2) is 5.60 Å². The van der Waals surface area contributed by atoms with Gasteiger partial charge < -0.3 is 9.84 Å². The van der Waals surface area contributed by atoms with Crippen molar-refractivity contribution < 1.29 is 14.6 Å². The number of hydrogen-bond donors (Lipinski definition) is 1. The minimum Gasteiger partial charge on any atom is -0.478 e. The number of nitrogens with zero attached hydrogens (tertiary/aromatic N) is 3. The van der Waals surface area contributed by atoms with Crippen molar-refractivity contribution in [2.24, 2.45) is 0 Å². The van der Waals surface area contributed by atoms with E-state index in [0.717, 1.165) is 49.1 Å². The summed E-state index contributed by atoms with van der Waals surface area (Å²) < 4.78 is 9.04. The molecule has 0 radical (unpaired) electrons. The van der Waals surface area contributed by atoms with Crippen LogP contribution >= 0.6 is 0 Å². The summed E-state index contributed by atoms with van der Waals surface area (Å²) in [5.41, 5.74) is 2.11. The fourth-order valence-corrected chi connectivity index (χ4v) is 3.82. The van der Waals surface area contributed by atoms with Crippen molar-refractivity contribution in [1.29, 1.82) is 0 Å². The van der Waals surface area contributed by atoms with E-state index in [1.165, 1.54) is 19.4 Å². The summed E-state index contributed by atoms with van der Waals surface area (Å²) in [4.78, 5) is 24.2. The van der Waals surface area contributed by atoms with Gasteiger partial charge in [0.2, 0.25) is 0 Å². The van der Waals surface area contributed by atoms with Gasteiger partial charge in [0.1, 0.15) is 11.6 Å². The van der Waals surface area contributed by atoms with Gasteiger partial charge in [0.25, 0.3) is 0 Å². The Morgan fingerprint density at radius 1 is 1.06 bits per heavy atom. The second-order valence-corrected chi connectivity index (χ2v) is 9.36. The van der Waals surface area contributed by atoms with E-state index in [-0.39, 0.29) is 11.7 Å². The van der Waals surface area contributed by atoms with Gasteiger partial charge >= 0.3 is 11.7 Å². The molecule has 4 rings (SSSR count). The quantitative estimate of drug-likeness (QED) is 0.502. The molecule has 0 aliphatic heterocycles. The summed E-state index contributed by atoms with van der Waals surface area (Å²) in [6, 6.07) is 16.0. The SMILES string of the molecule is Cc1ccc(Cn2nc(CCCc3ccc(OC(C)(C)C(=O)O)cc3)n(C3CC3)c2=O)cc1. The van der Waals surface area contributed by atoms with E-state index >= 15 is 0 Å². The van der Waals surface area contributed by atoms with E-state index in [1.54, 1.807) is 16.8 Å². The Morgan fingerprint density at radius 2 is 1.70 bits per heavy atom. The van der Waals surface area contributed by atoms with Crippen molar-refractivity contribution in [2.45, 2.75) is 71.1 Å². The van der Waals surface area contributed by atoms with Crippen LogP contribution in [0, 0.1) is 6.92 Å². The number of aromatic nitrogens is 3. The topological polar surface area (TPSA) is 86.3 Å². The van der Waals surface area contributed by atoms with E-state index in [0.29, 0.717) is 12.3 Å². The van der Waals surface area contributed by atoms with Crippen molar-refractivity contribution in [3.8, 4) is 5.75 Å². The van der Waals surface area contributed by atoms with E-state index in [1.807, 2.05) is 35.8 Å². The first-order valence-electron chi connectivity index (χ1n) is 11.5. The van der Waals surface area contributed by atoms with Crippen molar-refractivity contribution >= 4 is 5.97 Å². The fourth-order valence-electron chi connectivity index (χ4n) is 3.82. The second kappa shape index (κ2) is 9.25. The monoisotopic (exact) mass is 449 g/mol. The number of rotatable bonds is 10. The maximum Gasteiger partial charge on any atom is 0.347 e. The van der Waals surface area contributed by atoms with Crippen molar-refractivity contribution in [3.63, 3.8) is 0 Å². The Hall–Kier alpha value is -3.35. The zero-order chi connectivity index (χ0) is 23.6. The van der Waals surface area contributed by atoms with Crippen LogP contribution in [0.1, 0.15) is 61.7 Å². The van der Waals surface area contributed by atoms with Crippen LogP contribution < -0.4 is 10.4 Å². The highest BCUT2D eigenvalue weighted by atomic mass is 16.5. The Labute approximate surface area is 193 Å². The predicted octanol–water partition coefficient (Wildman–Crippen LogP) is 4.15.